The van der Waals surface area contributed by atoms with Gasteiger partial charge in [0.25, 0.3) is 0 Å². The molecule has 5 heteroatoms. The third-order valence-electron chi connectivity index (χ3n) is 6.20. The van der Waals surface area contributed by atoms with Gasteiger partial charge in [-0.1, -0.05) is 68.3 Å². The molecule has 0 unspecified atom stereocenters. The van der Waals surface area contributed by atoms with Crippen LogP contribution in [0.15, 0.2) is 78.9 Å². The molecule has 0 amide bonds. The average Bonchev–Trinajstić information content (AvgIpc) is 2.86. The highest BCUT2D eigenvalue weighted by atomic mass is 19.4. The molecule has 0 bridgehead atoms. The Morgan fingerprint density at radius 3 is 2.14 bits per heavy atom. The van der Waals surface area contributed by atoms with Gasteiger partial charge in [-0.15, -0.1) is 0 Å². The lowest BCUT2D eigenvalue weighted by Crippen LogP contribution is -2.04. The molecule has 4 aromatic carbocycles. The number of fused-ring (bicyclic) bond motifs is 1. The Hall–Kier alpha value is -3.34. The zero-order chi connectivity index (χ0) is 24.8. The molecule has 0 fully saturated rings. The second-order valence-corrected chi connectivity index (χ2v) is 8.75. The maximum atomic E-state index is 15.2. The molecule has 0 aliphatic carbocycles. The third-order valence-corrected chi connectivity index (χ3v) is 6.20. The summed E-state index contributed by atoms with van der Waals surface area (Å²) in [5.74, 6) is 0.561. The summed E-state index contributed by atoms with van der Waals surface area (Å²) in [4.78, 5) is 0. The van der Waals surface area contributed by atoms with Crippen molar-refractivity contribution in [3.8, 4) is 16.9 Å². The highest BCUT2D eigenvalue weighted by molar-refractivity contribution is 5.88. The summed E-state index contributed by atoms with van der Waals surface area (Å²) in [6.07, 6.45) is -0.124. The second kappa shape index (κ2) is 10.9. The summed E-state index contributed by atoms with van der Waals surface area (Å²) < 4.78 is 59.2. The van der Waals surface area contributed by atoms with Crippen molar-refractivity contribution in [1.29, 1.82) is 0 Å². The van der Waals surface area contributed by atoms with Gasteiger partial charge in [0.15, 0.2) is 0 Å². The van der Waals surface area contributed by atoms with Crippen molar-refractivity contribution in [1.82, 2.24) is 0 Å². The molecule has 0 heterocycles. The van der Waals surface area contributed by atoms with Gasteiger partial charge in [-0.25, -0.2) is 4.39 Å². The molecule has 35 heavy (non-hydrogen) atoms. The molecule has 4 rings (SSSR count). The van der Waals surface area contributed by atoms with Crippen molar-refractivity contribution in [3.05, 3.63) is 101 Å². The lowest BCUT2D eigenvalue weighted by molar-refractivity contribution is -0.137. The predicted octanol–water partition coefficient (Wildman–Crippen LogP) is 9.02. The van der Waals surface area contributed by atoms with Crippen LogP contribution in [0.3, 0.4) is 0 Å². The summed E-state index contributed by atoms with van der Waals surface area (Å²) in [5, 5.41) is 1.34. The molecular formula is C30H28F4O. The number of aryl methyl sites for hydroxylation is 2. The first-order valence-corrected chi connectivity index (χ1v) is 12.0. The van der Waals surface area contributed by atoms with Gasteiger partial charge < -0.3 is 4.74 Å². The maximum absolute atomic E-state index is 15.2. The minimum absolute atomic E-state index is 0.281. The van der Waals surface area contributed by atoms with Crippen LogP contribution in [0.5, 0.6) is 5.75 Å². The number of ether oxygens (including phenoxy) is 1. The van der Waals surface area contributed by atoms with E-state index < -0.39 is 11.7 Å². The van der Waals surface area contributed by atoms with E-state index in [2.05, 4.69) is 6.92 Å². The summed E-state index contributed by atoms with van der Waals surface area (Å²) >= 11 is 0. The molecule has 0 saturated heterocycles. The highest BCUT2D eigenvalue weighted by Crippen LogP contribution is 2.31. The van der Waals surface area contributed by atoms with Crippen molar-refractivity contribution >= 4 is 10.8 Å². The van der Waals surface area contributed by atoms with Gasteiger partial charge in [-0.3, -0.25) is 0 Å². The molecule has 0 aliphatic rings. The van der Waals surface area contributed by atoms with Crippen LogP contribution in [0, 0.1) is 5.82 Å². The molecule has 0 aliphatic heterocycles. The van der Waals surface area contributed by atoms with Crippen LogP contribution in [0.1, 0.15) is 42.9 Å². The Labute approximate surface area is 203 Å². The first kappa shape index (κ1) is 24.8. The quantitative estimate of drug-likeness (QED) is 0.172. The van der Waals surface area contributed by atoms with Crippen LogP contribution in [0.2, 0.25) is 0 Å². The Balaban J connectivity index is 1.44. The van der Waals surface area contributed by atoms with Crippen molar-refractivity contribution in [2.45, 2.75) is 45.2 Å². The fraction of sp³-hybridized carbons (Fsp3) is 0.267. The molecule has 0 atom stereocenters. The minimum atomic E-state index is -4.36. The van der Waals surface area contributed by atoms with Gasteiger partial charge >= 0.3 is 6.18 Å². The Bertz CT molecular complexity index is 1260. The molecule has 0 saturated carbocycles. The van der Waals surface area contributed by atoms with Crippen LogP contribution >= 0.6 is 0 Å². The van der Waals surface area contributed by atoms with E-state index >= 15 is 4.39 Å². The standard InChI is InChI=1S/C30H28F4O/c1-2-3-4-19-35-27-16-11-22(12-17-27)24-13-18-28-25(20-24)10-9-23(29(28)31)8-5-21-6-14-26(15-7-21)30(32,33)34/h6-7,9-18,20H,2-5,8,19H2,1H3. The zero-order valence-corrected chi connectivity index (χ0v) is 19.7. The van der Waals surface area contributed by atoms with Crippen LogP contribution < -0.4 is 4.74 Å². The number of halogens is 4. The maximum Gasteiger partial charge on any atom is 0.416 e. The molecule has 4 aromatic rings. The minimum Gasteiger partial charge on any atom is -0.494 e. The van der Waals surface area contributed by atoms with E-state index in [1.807, 2.05) is 42.5 Å². The second-order valence-electron chi connectivity index (χ2n) is 8.75. The van der Waals surface area contributed by atoms with E-state index in [1.165, 1.54) is 12.1 Å². The van der Waals surface area contributed by atoms with Crippen LogP contribution in [-0.4, -0.2) is 6.61 Å². The molecule has 1 nitrogen and oxygen atoms in total. The van der Waals surface area contributed by atoms with Gasteiger partial charge in [-0.2, -0.15) is 13.2 Å². The highest BCUT2D eigenvalue weighted by Gasteiger charge is 2.29. The van der Waals surface area contributed by atoms with Crippen molar-refractivity contribution < 1.29 is 22.3 Å². The van der Waals surface area contributed by atoms with Crippen molar-refractivity contribution in [2.24, 2.45) is 0 Å². The van der Waals surface area contributed by atoms with Crippen LogP contribution in [0.4, 0.5) is 17.6 Å². The largest absolute Gasteiger partial charge is 0.494 e. The Morgan fingerprint density at radius 1 is 0.743 bits per heavy atom. The smallest absolute Gasteiger partial charge is 0.416 e. The van der Waals surface area contributed by atoms with E-state index in [-0.39, 0.29) is 5.82 Å². The van der Waals surface area contributed by atoms with Gasteiger partial charge in [-0.05, 0) is 77.2 Å². The molecular weight excluding hydrogens is 452 g/mol. The van der Waals surface area contributed by atoms with E-state index in [1.54, 1.807) is 12.1 Å². The summed E-state index contributed by atoms with van der Waals surface area (Å²) in [6, 6.07) is 22.3. The lowest BCUT2D eigenvalue weighted by atomic mass is 9.97. The van der Waals surface area contributed by atoms with Gasteiger partial charge in [0.1, 0.15) is 11.6 Å². The number of hydrogen-bond acceptors (Lipinski definition) is 1. The van der Waals surface area contributed by atoms with Gasteiger partial charge in [0, 0.05) is 5.39 Å². The number of alkyl halides is 3. The third kappa shape index (κ3) is 6.21. The summed E-state index contributed by atoms with van der Waals surface area (Å²) in [7, 11) is 0. The van der Waals surface area contributed by atoms with Crippen molar-refractivity contribution in [3.63, 3.8) is 0 Å². The van der Waals surface area contributed by atoms with E-state index in [0.29, 0.717) is 30.4 Å². The predicted molar refractivity (Wildman–Crippen MR) is 133 cm³/mol. The molecule has 0 N–H and O–H groups in total. The monoisotopic (exact) mass is 480 g/mol. The Kier molecular flexibility index (Phi) is 7.74. The van der Waals surface area contributed by atoms with E-state index in [4.69, 9.17) is 4.74 Å². The Morgan fingerprint density at radius 2 is 1.46 bits per heavy atom. The van der Waals surface area contributed by atoms with Gasteiger partial charge in [0.05, 0.1) is 12.2 Å². The summed E-state index contributed by atoms with van der Waals surface area (Å²) in [6.45, 7) is 2.87. The first-order valence-electron chi connectivity index (χ1n) is 12.0. The molecule has 0 aromatic heterocycles. The molecule has 0 spiro atoms. The van der Waals surface area contributed by atoms with E-state index in [9.17, 15) is 13.2 Å². The van der Waals surface area contributed by atoms with E-state index in [0.717, 1.165) is 59.2 Å². The molecule has 182 valence electrons. The van der Waals surface area contributed by atoms with Gasteiger partial charge in [0.2, 0.25) is 0 Å². The number of rotatable bonds is 9. The van der Waals surface area contributed by atoms with Crippen molar-refractivity contribution in [2.75, 3.05) is 6.61 Å². The fourth-order valence-electron chi connectivity index (χ4n) is 4.13. The number of benzene rings is 4. The first-order chi connectivity index (χ1) is 16.8. The number of hydrogen-bond donors (Lipinski definition) is 0. The average molecular weight is 481 g/mol. The number of unbranched alkanes of at least 4 members (excludes halogenated alkanes) is 2. The zero-order valence-electron chi connectivity index (χ0n) is 19.7. The normalized spacial score (nSPS) is 11.7. The topological polar surface area (TPSA) is 9.23 Å². The van der Waals surface area contributed by atoms with Crippen LogP contribution in [0.25, 0.3) is 21.9 Å². The molecule has 0 radical (unpaired) electrons. The lowest BCUT2D eigenvalue weighted by Gasteiger charge is -2.11. The SMILES string of the molecule is CCCCCOc1ccc(-c2ccc3c(F)c(CCc4ccc(C(F)(F)F)cc4)ccc3c2)cc1. The van der Waals surface area contributed by atoms with Crippen LogP contribution in [-0.2, 0) is 19.0 Å². The fourth-order valence-corrected chi connectivity index (χ4v) is 4.13. The summed E-state index contributed by atoms with van der Waals surface area (Å²) in [5.41, 5.74) is 2.63.